The maximum absolute atomic E-state index is 5.78. The molecule has 1 aliphatic carbocycles. The third-order valence-electron chi connectivity index (χ3n) is 4.66. The Bertz CT molecular complexity index is 410. The number of rotatable bonds is 7. The van der Waals surface area contributed by atoms with Gasteiger partial charge >= 0.3 is 0 Å². The van der Waals surface area contributed by atoms with E-state index in [0.717, 1.165) is 13.0 Å². The van der Waals surface area contributed by atoms with Gasteiger partial charge in [-0.1, -0.05) is 39.3 Å². The number of hydrogen-bond donors (Lipinski definition) is 1. The highest BCUT2D eigenvalue weighted by Crippen LogP contribution is 2.44. The van der Waals surface area contributed by atoms with E-state index in [1.54, 1.807) is 0 Å². The second kappa shape index (κ2) is 6.62. The first-order valence-corrected chi connectivity index (χ1v) is 8.05. The number of nitrogens with one attached hydrogen (secondary N) is 1. The van der Waals surface area contributed by atoms with Crippen LogP contribution in [0.1, 0.15) is 52.5 Å². The van der Waals surface area contributed by atoms with Gasteiger partial charge < -0.3 is 10.1 Å². The standard InChI is InChI=1S/C18H29NO/c1-5-7-8-14-9-11-15(12-10-14)19-16-13-17(20-6-2)18(16,3)4/h9-12,16-17,19H,5-8,13H2,1-4H3. The van der Waals surface area contributed by atoms with E-state index >= 15 is 0 Å². The van der Waals surface area contributed by atoms with Gasteiger partial charge in [0.25, 0.3) is 0 Å². The minimum atomic E-state index is 0.219. The molecular formula is C18H29NO. The van der Waals surface area contributed by atoms with E-state index < -0.39 is 0 Å². The Labute approximate surface area is 123 Å². The summed E-state index contributed by atoms with van der Waals surface area (Å²) in [6, 6.07) is 9.46. The fourth-order valence-corrected chi connectivity index (χ4v) is 2.96. The topological polar surface area (TPSA) is 21.3 Å². The van der Waals surface area contributed by atoms with Gasteiger partial charge in [0, 0.05) is 23.8 Å². The van der Waals surface area contributed by atoms with Crippen LogP contribution in [0.2, 0.25) is 0 Å². The lowest BCUT2D eigenvalue weighted by molar-refractivity contribution is -0.0975. The van der Waals surface area contributed by atoms with Crippen molar-refractivity contribution in [2.24, 2.45) is 5.41 Å². The maximum atomic E-state index is 5.78. The van der Waals surface area contributed by atoms with Gasteiger partial charge in [-0.15, -0.1) is 0 Å². The van der Waals surface area contributed by atoms with Gasteiger partial charge in [0.15, 0.2) is 0 Å². The molecule has 2 heteroatoms. The van der Waals surface area contributed by atoms with Crippen molar-refractivity contribution in [1.29, 1.82) is 0 Å². The second-order valence-corrected chi connectivity index (χ2v) is 6.50. The lowest BCUT2D eigenvalue weighted by Crippen LogP contribution is -2.58. The van der Waals surface area contributed by atoms with Crippen molar-refractivity contribution in [3.8, 4) is 0 Å². The van der Waals surface area contributed by atoms with Crippen molar-refractivity contribution >= 4 is 5.69 Å². The van der Waals surface area contributed by atoms with Gasteiger partial charge in [-0.3, -0.25) is 0 Å². The number of ether oxygens (including phenoxy) is 1. The normalized spacial score (nSPS) is 24.2. The van der Waals surface area contributed by atoms with Gasteiger partial charge in [-0.25, -0.2) is 0 Å². The van der Waals surface area contributed by atoms with Crippen molar-refractivity contribution < 1.29 is 4.74 Å². The maximum Gasteiger partial charge on any atom is 0.0665 e. The van der Waals surface area contributed by atoms with Crippen LogP contribution < -0.4 is 5.32 Å². The van der Waals surface area contributed by atoms with E-state index in [1.165, 1.54) is 30.5 Å². The lowest BCUT2D eigenvalue weighted by Gasteiger charge is -2.52. The molecule has 20 heavy (non-hydrogen) atoms. The SMILES string of the molecule is CCCCc1ccc(NC2CC(OCC)C2(C)C)cc1. The number of aryl methyl sites for hydroxylation is 1. The Morgan fingerprint density at radius 1 is 1.20 bits per heavy atom. The molecule has 0 spiro atoms. The molecule has 1 aromatic rings. The van der Waals surface area contributed by atoms with Crippen LogP contribution in [0.15, 0.2) is 24.3 Å². The van der Waals surface area contributed by atoms with Crippen LogP contribution in [0.3, 0.4) is 0 Å². The third kappa shape index (κ3) is 3.35. The summed E-state index contributed by atoms with van der Waals surface area (Å²) < 4.78 is 5.78. The molecule has 2 nitrogen and oxygen atoms in total. The van der Waals surface area contributed by atoms with Crippen LogP contribution in [-0.2, 0) is 11.2 Å². The quantitative estimate of drug-likeness (QED) is 0.782. The zero-order valence-electron chi connectivity index (χ0n) is 13.4. The summed E-state index contributed by atoms with van der Waals surface area (Å²) in [5, 5.41) is 3.66. The molecule has 1 fully saturated rings. The van der Waals surface area contributed by atoms with Crippen LogP contribution in [0.5, 0.6) is 0 Å². The van der Waals surface area contributed by atoms with Crippen molar-refractivity contribution in [3.63, 3.8) is 0 Å². The summed E-state index contributed by atoms with van der Waals surface area (Å²) in [4.78, 5) is 0. The first-order valence-electron chi connectivity index (χ1n) is 8.05. The first kappa shape index (κ1) is 15.4. The Morgan fingerprint density at radius 3 is 2.45 bits per heavy atom. The molecule has 0 aromatic heterocycles. The van der Waals surface area contributed by atoms with Gasteiger partial charge in [0.2, 0.25) is 0 Å². The Balaban J connectivity index is 1.88. The van der Waals surface area contributed by atoms with E-state index in [4.69, 9.17) is 4.74 Å². The molecule has 2 rings (SSSR count). The highest BCUT2D eigenvalue weighted by atomic mass is 16.5. The van der Waals surface area contributed by atoms with Crippen LogP contribution >= 0.6 is 0 Å². The van der Waals surface area contributed by atoms with Gasteiger partial charge in [0.05, 0.1) is 6.10 Å². The summed E-state index contributed by atoms with van der Waals surface area (Å²) in [6.45, 7) is 9.72. The van der Waals surface area contributed by atoms with E-state index in [2.05, 4.69) is 57.3 Å². The summed E-state index contributed by atoms with van der Waals surface area (Å²) >= 11 is 0. The molecule has 0 amide bonds. The third-order valence-corrected chi connectivity index (χ3v) is 4.66. The number of hydrogen-bond acceptors (Lipinski definition) is 2. The molecule has 112 valence electrons. The highest BCUT2D eigenvalue weighted by molar-refractivity contribution is 5.46. The number of unbranched alkanes of at least 4 members (excludes halogenated alkanes) is 1. The molecule has 1 saturated carbocycles. The summed E-state index contributed by atoms with van der Waals surface area (Å²) in [6.07, 6.45) is 5.23. The predicted molar refractivity (Wildman–Crippen MR) is 86.3 cm³/mol. The second-order valence-electron chi connectivity index (χ2n) is 6.50. The van der Waals surface area contributed by atoms with Gasteiger partial charge in [-0.05, 0) is 43.9 Å². The molecular weight excluding hydrogens is 246 g/mol. The minimum absolute atomic E-state index is 0.219. The zero-order chi connectivity index (χ0) is 14.6. The summed E-state index contributed by atoms with van der Waals surface area (Å²) in [5.41, 5.74) is 2.90. The predicted octanol–water partition coefficient (Wildman–Crippen LogP) is 4.64. The smallest absolute Gasteiger partial charge is 0.0665 e. The molecule has 2 atom stereocenters. The van der Waals surface area contributed by atoms with E-state index in [0.29, 0.717) is 12.1 Å². The average molecular weight is 275 g/mol. The Morgan fingerprint density at radius 2 is 1.90 bits per heavy atom. The highest BCUT2D eigenvalue weighted by Gasteiger charge is 2.48. The van der Waals surface area contributed by atoms with Crippen molar-refractivity contribution in [1.82, 2.24) is 0 Å². The molecule has 1 aromatic carbocycles. The van der Waals surface area contributed by atoms with E-state index in [1.807, 2.05) is 0 Å². The summed E-state index contributed by atoms with van der Waals surface area (Å²) in [5.74, 6) is 0. The fraction of sp³-hybridized carbons (Fsp3) is 0.667. The molecule has 0 bridgehead atoms. The zero-order valence-corrected chi connectivity index (χ0v) is 13.4. The largest absolute Gasteiger partial charge is 0.382 e. The molecule has 2 unspecified atom stereocenters. The lowest BCUT2D eigenvalue weighted by atomic mass is 9.64. The Hall–Kier alpha value is -1.02. The Kier molecular flexibility index (Phi) is 5.09. The summed E-state index contributed by atoms with van der Waals surface area (Å²) in [7, 11) is 0. The van der Waals surface area contributed by atoms with Crippen LogP contribution in [0.25, 0.3) is 0 Å². The van der Waals surface area contributed by atoms with Gasteiger partial charge in [0.1, 0.15) is 0 Å². The van der Waals surface area contributed by atoms with Crippen molar-refractivity contribution in [3.05, 3.63) is 29.8 Å². The average Bonchev–Trinajstić information content (AvgIpc) is 2.45. The van der Waals surface area contributed by atoms with E-state index in [9.17, 15) is 0 Å². The minimum Gasteiger partial charge on any atom is -0.382 e. The number of benzene rings is 1. The fourth-order valence-electron chi connectivity index (χ4n) is 2.96. The molecule has 1 aliphatic rings. The molecule has 0 saturated heterocycles. The number of anilines is 1. The molecule has 0 radical (unpaired) electrons. The van der Waals surface area contributed by atoms with Crippen molar-refractivity contribution in [2.75, 3.05) is 11.9 Å². The monoisotopic (exact) mass is 275 g/mol. The van der Waals surface area contributed by atoms with E-state index in [-0.39, 0.29) is 5.41 Å². The molecule has 0 aliphatic heterocycles. The van der Waals surface area contributed by atoms with Crippen molar-refractivity contribution in [2.45, 2.75) is 65.5 Å². The first-order chi connectivity index (χ1) is 9.57. The van der Waals surface area contributed by atoms with Crippen LogP contribution in [0, 0.1) is 5.41 Å². The van der Waals surface area contributed by atoms with Crippen LogP contribution in [0.4, 0.5) is 5.69 Å². The molecule has 0 heterocycles. The molecule has 1 N–H and O–H groups in total. The van der Waals surface area contributed by atoms with Crippen LogP contribution in [-0.4, -0.2) is 18.8 Å². The van der Waals surface area contributed by atoms with Gasteiger partial charge in [-0.2, -0.15) is 0 Å².